The van der Waals surface area contributed by atoms with Gasteiger partial charge in [0, 0.05) is 7.27 Å². The third kappa shape index (κ3) is 6.89. The highest BCUT2D eigenvalue weighted by atomic mass is 32.7. The molecule has 0 spiro atoms. The van der Waals surface area contributed by atoms with E-state index in [1.807, 2.05) is 18.2 Å². The topological polar surface area (TPSA) is 55.5 Å². The molecular weight excluding hydrogens is 349 g/mol. The molecule has 2 rings (SSSR count). The Balaban J connectivity index is 1.86. The summed E-state index contributed by atoms with van der Waals surface area (Å²) in [5, 5.41) is 9.49. The molecule has 136 valence electrons. The number of ether oxygens (including phenoxy) is 1. The van der Waals surface area contributed by atoms with Gasteiger partial charge in [-0.3, -0.25) is 0 Å². The second-order valence-corrected chi connectivity index (χ2v) is 10.1. The van der Waals surface area contributed by atoms with Crippen LogP contribution >= 0.6 is 18.7 Å². The van der Waals surface area contributed by atoms with Crippen molar-refractivity contribution in [3.63, 3.8) is 0 Å². The van der Waals surface area contributed by atoms with Crippen molar-refractivity contribution >= 4 is 18.7 Å². The summed E-state index contributed by atoms with van der Waals surface area (Å²) in [6, 6.07) is 13.8. The predicted octanol–water partition coefficient (Wildman–Crippen LogP) is 5.14. The average Bonchev–Trinajstić information content (AvgIpc) is 2.63. The first kappa shape index (κ1) is 20.1. The molecule has 1 unspecified atom stereocenters. The van der Waals surface area contributed by atoms with Gasteiger partial charge >= 0.3 is 0 Å². The Bertz CT molecular complexity index is 666. The van der Waals surface area contributed by atoms with E-state index in [2.05, 4.69) is 31.4 Å². The van der Waals surface area contributed by atoms with Crippen molar-refractivity contribution in [3.8, 4) is 11.5 Å². The van der Waals surface area contributed by atoms with Crippen LogP contribution in [0, 0.1) is 0 Å². The van der Waals surface area contributed by atoms with Crippen molar-refractivity contribution in [2.75, 3.05) is 19.0 Å². The minimum Gasteiger partial charge on any atom is -0.508 e. The molecule has 1 atom stereocenters. The lowest BCUT2D eigenvalue weighted by Gasteiger charge is -2.14. The standard InChI is InChI=1S/C20H28NO2PS/c1-3-17-9-10-20(15-18(17)11-13-24(21)25-2)23-12-5-7-16-6-4-8-19(22)14-16/h4,6,8-10,14-15,22H,3,5,7,11-13,21H2,1-2H3. The quantitative estimate of drug-likeness (QED) is 0.444. The van der Waals surface area contributed by atoms with Crippen LogP contribution in [0.2, 0.25) is 0 Å². The molecule has 3 nitrogen and oxygen atoms in total. The van der Waals surface area contributed by atoms with Crippen LogP contribution in [-0.4, -0.2) is 24.1 Å². The molecule has 25 heavy (non-hydrogen) atoms. The number of hydrogen-bond acceptors (Lipinski definition) is 4. The zero-order chi connectivity index (χ0) is 18.1. The first-order valence-corrected chi connectivity index (χ1v) is 12.1. The number of rotatable bonds is 10. The summed E-state index contributed by atoms with van der Waals surface area (Å²) in [7, 11) is -0.416. The molecule has 2 aromatic rings. The minimum atomic E-state index is -0.416. The zero-order valence-corrected chi connectivity index (χ0v) is 16.8. The molecule has 0 aliphatic rings. The van der Waals surface area contributed by atoms with Gasteiger partial charge in [0.1, 0.15) is 11.5 Å². The molecule has 0 saturated carbocycles. The van der Waals surface area contributed by atoms with Crippen LogP contribution in [0.5, 0.6) is 11.5 Å². The van der Waals surface area contributed by atoms with Crippen molar-refractivity contribution in [2.45, 2.75) is 32.6 Å². The van der Waals surface area contributed by atoms with Crippen LogP contribution in [0.4, 0.5) is 0 Å². The number of nitrogens with two attached hydrogens (primary N) is 1. The molecular formula is C20H28NO2PS. The number of aromatic hydroxyl groups is 1. The highest BCUT2D eigenvalue weighted by molar-refractivity contribution is 8.54. The van der Waals surface area contributed by atoms with Gasteiger partial charge in [0.15, 0.2) is 0 Å². The number of hydrogen-bond donors (Lipinski definition) is 2. The van der Waals surface area contributed by atoms with Gasteiger partial charge in [-0.15, -0.1) is 11.4 Å². The van der Waals surface area contributed by atoms with Crippen molar-refractivity contribution in [2.24, 2.45) is 5.50 Å². The summed E-state index contributed by atoms with van der Waals surface area (Å²) in [5.74, 6) is 1.26. The van der Waals surface area contributed by atoms with E-state index in [4.69, 9.17) is 10.2 Å². The van der Waals surface area contributed by atoms with Crippen molar-refractivity contribution in [1.82, 2.24) is 0 Å². The highest BCUT2D eigenvalue weighted by Gasteiger charge is 2.07. The smallest absolute Gasteiger partial charge is 0.119 e. The average molecular weight is 377 g/mol. The largest absolute Gasteiger partial charge is 0.508 e. The van der Waals surface area contributed by atoms with Crippen molar-refractivity contribution < 1.29 is 9.84 Å². The van der Waals surface area contributed by atoms with Gasteiger partial charge < -0.3 is 15.3 Å². The Morgan fingerprint density at radius 1 is 1.12 bits per heavy atom. The highest BCUT2D eigenvalue weighted by Crippen LogP contribution is 2.40. The lowest BCUT2D eigenvalue weighted by atomic mass is 10.0. The lowest BCUT2D eigenvalue weighted by Crippen LogP contribution is -2.03. The lowest BCUT2D eigenvalue weighted by molar-refractivity contribution is 0.310. The summed E-state index contributed by atoms with van der Waals surface area (Å²) in [5.41, 5.74) is 9.98. The maximum Gasteiger partial charge on any atom is 0.119 e. The molecule has 0 aromatic heterocycles. The molecule has 2 aromatic carbocycles. The third-order valence-electron chi connectivity index (χ3n) is 4.18. The molecule has 0 aliphatic heterocycles. The second kappa shape index (κ2) is 10.7. The van der Waals surface area contributed by atoms with E-state index < -0.39 is 7.27 Å². The number of aryl methyl sites for hydroxylation is 3. The Kier molecular flexibility index (Phi) is 8.60. The molecule has 0 radical (unpaired) electrons. The zero-order valence-electron chi connectivity index (χ0n) is 15.1. The van der Waals surface area contributed by atoms with Gasteiger partial charge in [-0.25, -0.2) is 0 Å². The molecule has 5 heteroatoms. The van der Waals surface area contributed by atoms with E-state index in [1.54, 1.807) is 17.4 Å². The first-order chi connectivity index (χ1) is 12.1. The van der Waals surface area contributed by atoms with E-state index in [0.29, 0.717) is 12.4 Å². The van der Waals surface area contributed by atoms with Crippen LogP contribution in [-0.2, 0) is 19.3 Å². The van der Waals surface area contributed by atoms with Crippen LogP contribution < -0.4 is 10.2 Å². The van der Waals surface area contributed by atoms with Gasteiger partial charge in [-0.2, -0.15) is 0 Å². The maximum atomic E-state index is 9.49. The van der Waals surface area contributed by atoms with Crippen molar-refractivity contribution in [3.05, 3.63) is 59.2 Å². The Hall–Kier alpha value is -1.22. The van der Waals surface area contributed by atoms with E-state index in [1.165, 1.54) is 11.1 Å². The van der Waals surface area contributed by atoms with E-state index in [-0.39, 0.29) is 0 Å². The maximum absolute atomic E-state index is 9.49. The summed E-state index contributed by atoms with van der Waals surface area (Å²) in [6.45, 7) is 2.86. The van der Waals surface area contributed by atoms with Gasteiger partial charge in [0.25, 0.3) is 0 Å². The third-order valence-corrected chi connectivity index (χ3v) is 7.27. The number of benzene rings is 2. The Labute approximate surface area is 156 Å². The molecule has 0 saturated heterocycles. The SMILES string of the molecule is CCc1ccc(OCCCc2cccc(O)c2)cc1CCP(N)SC. The van der Waals surface area contributed by atoms with E-state index in [9.17, 15) is 5.11 Å². The van der Waals surface area contributed by atoms with Gasteiger partial charge in [-0.1, -0.05) is 25.1 Å². The first-order valence-electron chi connectivity index (χ1n) is 8.71. The predicted molar refractivity (Wildman–Crippen MR) is 111 cm³/mol. The van der Waals surface area contributed by atoms with E-state index in [0.717, 1.165) is 43.2 Å². The summed E-state index contributed by atoms with van der Waals surface area (Å²) in [6.07, 6.45) is 7.01. The fourth-order valence-corrected chi connectivity index (χ4v) is 4.24. The Morgan fingerprint density at radius 2 is 1.96 bits per heavy atom. The van der Waals surface area contributed by atoms with Gasteiger partial charge in [0.05, 0.1) is 6.61 Å². The summed E-state index contributed by atoms with van der Waals surface area (Å²) >= 11 is 1.77. The molecule has 0 fully saturated rings. The van der Waals surface area contributed by atoms with Crippen LogP contribution in [0.25, 0.3) is 0 Å². The monoisotopic (exact) mass is 377 g/mol. The van der Waals surface area contributed by atoms with E-state index >= 15 is 0 Å². The van der Waals surface area contributed by atoms with Crippen LogP contribution in [0.3, 0.4) is 0 Å². The molecule has 0 amide bonds. The second-order valence-electron chi connectivity index (χ2n) is 5.98. The number of phenols is 1. The molecule has 3 N–H and O–H groups in total. The minimum absolute atomic E-state index is 0.323. The van der Waals surface area contributed by atoms with Gasteiger partial charge in [0.2, 0.25) is 0 Å². The van der Waals surface area contributed by atoms with Crippen LogP contribution in [0.15, 0.2) is 42.5 Å². The molecule has 0 aliphatic carbocycles. The molecule has 0 bridgehead atoms. The van der Waals surface area contributed by atoms with Gasteiger partial charge in [-0.05, 0) is 79.1 Å². The Morgan fingerprint density at radius 3 is 2.68 bits per heavy atom. The fourth-order valence-electron chi connectivity index (χ4n) is 2.77. The molecule has 0 heterocycles. The summed E-state index contributed by atoms with van der Waals surface area (Å²) < 4.78 is 5.94. The van der Waals surface area contributed by atoms with Crippen molar-refractivity contribution in [1.29, 1.82) is 0 Å². The fraction of sp³-hybridized carbons (Fsp3) is 0.400. The normalized spacial score (nSPS) is 12.1. The number of phenolic OH excluding ortho intramolecular Hbond substituents is 1. The van der Waals surface area contributed by atoms with Crippen LogP contribution in [0.1, 0.15) is 30.0 Å². The summed E-state index contributed by atoms with van der Waals surface area (Å²) in [4.78, 5) is 0.